The summed E-state index contributed by atoms with van der Waals surface area (Å²) < 4.78 is 24.1. The van der Waals surface area contributed by atoms with Gasteiger partial charge in [0.15, 0.2) is 7.15 Å². The maximum Gasteiger partial charge on any atom is 0.176 e. The van der Waals surface area contributed by atoms with Crippen molar-refractivity contribution < 1.29 is 13.4 Å². The van der Waals surface area contributed by atoms with Crippen LogP contribution in [0.4, 0.5) is 4.39 Å². The third-order valence-corrected chi connectivity index (χ3v) is 3.94. The van der Waals surface area contributed by atoms with Gasteiger partial charge in [-0.2, -0.15) is 0 Å². The molecule has 1 aromatic carbocycles. The predicted octanol–water partition coefficient (Wildman–Crippen LogP) is 3.46. The molecule has 1 aromatic rings. The molecule has 0 N–H and O–H groups in total. The van der Waals surface area contributed by atoms with Gasteiger partial charge in [-0.15, -0.1) is 0 Å². The lowest BCUT2D eigenvalue weighted by Crippen LogP contribution is -2.10. The summed E-state index contributed by atoms with van der Waals surface area (Å²) in [5.41, 5.74) is 0.509. The van der Waals surface area contributed by atoms with Gasteiger partial charge in [-0.25, -0.2) is 4.39 Å². The van der Waals surface area contributed by atoms with Crippen LogP contribution in [0.15, 0.2) is 18.2 Å². The summed E-state index contributed by atoms with van der Waals surface area (Å²) in [6.45, 7) is 0.532. The van der Waals surface area contributed by atoms with E-state index in [4.69, 9.17) is 32.5 Å². The smallest absolute Gasteiger partial charge is 0.176 e. The van der Waals surface area contributed by atoms with Crippen LogP contribution in [-0.4, -0.2) is 6.61 Å². The summed E-state index contributed by atoms with van der Waals surface area (Å²) in [4.78, 5) is 0. The standard InChI is InChI=1S/C9H9ClFO2PS/c10-6-1-2-7(8(11)5-6)9-3-4-12-14(15)13-9/h1-2,5,9,14H,3-4H2. The summed E-state index contributed by atoms with van der Waals surface area (Å²) >= 11 is 10.6. The molecule has 2 unspecified atom stereocenters. The lowest BCUT2D eigenvalue weighted by Gasteiger charge is -2.24. The predicted molar refractivity (Wildman–Crippen MR) is 61.5 cm³/mol. The molecule has 0 radical (unpaired) electrons. The monoisotopic (exact) mass is 266 g/mol. The van der Waals surface area contributed by atoms with Crippen molar-refractivity contribution in [2.45, 2.75) is 12.5 Å². The van der Waals surface area contributed by atoms with Gasteiger partial charge >= 0.3 is 0 Å². The van der Waals surface area contributed by atoms with Crippen molar-refractivity contribution in [1.82, 2.24) is 0 Å². The van der Waals surface area contributed by atoms with Gasteiger partial charge in [-0.05, 0) is 23.9 Å². The van der Waals surface area contributed by atoms with E-state index in [9.17, 15) is 4.39 Å². The molecule has 0 spiro atoms. The van der Waals surface area contributed by atoms with Gasteiger partial charge in [-0.1, -0.05) is 17.7 Å². The largest absolute Gasteiger partial charge is 0.331 e. The first-order valence-electron chi connectivity index (χ1n) is 4.45. The van der Waals surface area contributed by atoms with Crippen molar-refractivity contribution in [2.24, 2.45) is 0 Å². The minimum Gasteiger partial charge on any atom is -0.331 e. The van der Waals surface area contributed by atoms with Gasteiger partial charge in [0.25, 0.3) is 0 Å². The second kappa shape index (κ2) is 4.89. The Morgan fingerprint density at radius 1 is 1.53 bits per heavy atom. The van der Waals surface area contributed by atoms with E-state index in [0.29, 0.717) is 23.6 Å². The highest BCUT2D eigenvalue weighted by Gasteiger charge is 2.21. The fourth-order valence-corrected chi connectivity index (χ4v) is 3.03. The third kappa shape index (κ3) is 2.77. The van der Waals surface area contributed by atoms with Crippen molar-refractivity contribution in [2.75, 3.05) is 6.61 Å². The van der Waals surface area contributed by atoms with Crippen molar-refractivity contribution in [1.29, 1.82) is 0 Å². The molecule has 2 nitrogen and oxygen atoms in total. The molecular weight excluding hydrogens is 258 g/mol. The zero-order chi connectivity index (χ0) is 10.8. The highest BCUT2D eigenvalue weighted by molar-refractivity contribution is 8.00. The van der Waals surface area contributed by atoms with Gasteiger partial charge in [-0.3, -0.25) is 0 Å². The van der Waals surface area contributed by atoms with Crippen molar-refractivity contribution in [3.63, 3.8) is 0 Å². The molecule has 1 aliphatic heterocycles. The van der Waals surface area contributed by atoms with E-state index in [1.165, 1.54) is 6.07 Å². The van der Waals surface area contributed by atoms with Crippen molar-refractivity contribution in [3.8, 4) is 0 Å². The van der Waals surface area contributed by atoms with E-state index >= 15 is 0 Å². The lowest BCUT2D eigenvalue weighted by molar-refractivity contribution is 0.116. The zero-order valence-corrected chi connectivity index (χ0v) is 10.3. The fourth-order valence-electron chi connectivity index (χ4n) is 1.44. The second-order valence-corrected chi connectivity index (χ2v) is 5.62. The Morgan fingerprint density at radius 2 is 2.33 bits per heavy atom. The van der Waals surface area contributed by atoms with Crippen LogP contribution in [0.1, 0.15) is 18.1 Å². The average molecular weight is 267 g/mol. The Bertz CT molecular complexity index is 402. The molecule has 6 heteroatoms. The average Bonchev–Trinajstić information content (AvgIpc) is 2.17. The molecule has 1 fully saturated rings. The maximum atomic E-state index is 13.5. The molecule has 0 saturated carbocycles. The minimum absolute atomic E-state index is 0.289. The highest BCUT2D eigenvalue weighted by Crippen LogP contribution is 2.41. The highest BCUT2D eigenvalue weighted by atomic mass is 35.5. The van der Waals surface area contributed by atoms with Gasteiger partial charge in [0, 0.05) is 17.0 Å². The van der Waals surface area contributed by atoms with Crippen molar-refractivity contribution >= 4 is 30.6 Å². The molecule has 1 saturated heterocycles. The molecule has 15 heavy (non-hydrogen) atoms. The van der Waals surface area contributed by atoms with Crippen LogP contribution in [0.2, 0.25) is 5.02 Å². The minimum atomic E-state index is -1.63. The number of hydrogen-bond donors (Lipinski definition) is 0. The quantitative estimate of drug-likeness (QED) is 0.725. The van der Waals surface area contributed by atoms with Crippen LogP contribution in [-0.2, 0) is 20.9 Å². The normalized spacial score (nSPS) is 26.5. The summed E-state index contributed by atoms with van der Waals surface area (Å²) in [5, 5.41) is 0.382. The molecule has 1 heterocycles. The van der Waals surface area contributed by atoms with Crippen LogP contribution in [0, 0.1) is 5.82 Å². The van der Waals surface area contributed by atoms with E-state index in [1.54, 1.807) is 12.1 Å². The van der Waals surface area contributed by atoms with Gasteiger partial charge in [0.05, 0.1) is 12.7 Å². The Kier molecular flexibility index (Phi) is 3.75. The molecule has 2 atom stereocenters. The molecule has 0 aliphatic carbocycles. The maximum absolute atomic E-state index is 13.5. The Morgan fingerprint density at radius 3 is 3.00 bits per heavy atom. The molecule has 82 valence electrons. The van der Waals surface area contributed by atoms with E-state index in [2.05, 4.69) is 0 Å². The Balaban J connectivity index is 2.24. The van der Waals surface area contributed by atoms with Gasteiger partial charge in [0.2, 0.25) is 0 Å². The van der Waals surface area contributed by atoms with Crippen LogP contribution in [0.3, 0.4) is 0 Å². The number of hydrogen-bond acceptors (Lipinski definition) is 3. The first-order valence-corrected chi connectivity index (χ1v) is 7.28. The summed E-state index contributed by atoms with van der Waals surface area (Å²) in [6.07, 6.45) is 0.339. The summed E-state index contributed by atoms with van der Waals surface area (Å²) in [7, 11) is -1.63. The first kappa shape index (κ1) is 11.5. The van der Waals surface area contributed by atoms with Crippen LogP contribution in [0.25, 0.3) is 0 Å². The topological polar surface area (TPSA) is 18.5 Å². The lowest BCUT2D eigenvalue weighted by atomic mass is 10.1. The molecular formula is C9H9ClFO2PS. The fraction of sp³-hybridized carbons (Fsp3) is 0.333. The molecule has 1 aliphatic rings. The number of benzene rings is 1. The van der Waals surface area contributed by atoms with Crippen molar-refractivity contribution in [3.05, 3.63) is 34.6 Å². The second-order valence-electron chi connectivity index (χ2n) is 3.16. The van der Waals surface area contributed by atoms with Gasteiger partial charge in [0.1, 0.15) is 5.82 Å². The summed E-state index contributed by atoms with van der Waals surface area (Å²) in [5.74, 6) is -0.348. The Labute approximate surface area is 97.9 Å². The van der Waals surface area contributed by atoms with E-state index in [0.717, 1.165) is 0 Å². The zero-order valence-electron chi connectivity index (χ0n) is 7.70. The van der Waals surface area contributed by atoms with Gasteiger partial charge < -0.3 is 9.05 Å². The van der Waals surface area contributed by atoms with E-state index in [1.807, 2.05) is 0 Å². The Hall–Kier alpha value is 0.01000. The molecule has 0 bridgehead atoms. The molecule has 0 amide bonds. The number of rotatable bonds is 1. The number of halogens is 2. The van der Waals surface area contributed by atoms with Crippen LogP contribution < -0.4 is 0 Å². The molecule has 2 rings (SSSR count). The van der Waals surface area contributed by atoms with E-state index < -0.39 is 7.15 Å². The SMILES string of the molecule is Fc1cc(Cl)ccc1C1CCO[PH](=S)O1. The summed E-state index contributed by atoms with van der Waals surface area (Å²) in [6, 6.07) is 4.57. The molecule has 0 aromatic heterocycles. The van der Waals surface area contributed by atoms with Crippen LogP contribution >= 0.6 is 18.8 Å². The van der Waals surface area contributed by atoms with Crippen LogP contribution in [0.5, 0.6) is 0 Å². The van der Waals surface area contributed by atoms with E-state index in [-0.39, 0.29) is 11.9 Å². The third-order valence-electron chi connectivity index (χ3n) is 2.15. The first-order chi connectivity index (χ1) is 7.16.